The molecular formula is C13H20N2O2. The van der Waals surface area contributed by atoms with Gasteiger partial charge in [-0.25, -0.2) is 5.84 Å². The van der Waals surface area contributed by atoms with Crippen LogP contribution in [-0.4, -0.2) is 12.5 Å². The van der Waals surface area contributed by atoms with Crippen molar-refractivity contribution in [1.29, 1.82) is 0 Å². The van der Waals surface area contributed by atoms with Gasteiger partial charge in [-0.1, -0.05) is 25.5 Å². The molecule has 17 heavy (non-hydrogen) atoms. The molecule has 4 nitrogen and oxygen atoms in total. The highest BCUT2D eigenvalue weighted by atomic mass is 16.5. The SMILES string of the molecule is CCCc1ccc(OCCCC(=O)NN)cc1. The van der Waals surface area contributed by atoms with Crippen LogP contribution < -0.4 is 16.0 Å². The molecule has 0 saturated carbocycles. The van der Waals surface area contributed by atoms with Gasteiger partial charge in [0.1, 0.15) is 5.75 Å². The Balaban J connectivity index is 2.25. The van der Waals surface area contributed by atoms with Crippen molar-refractivity contribution >= 4 is 5.91 Å². The van der Waals surface area contributed by atoms with Crippen molar-refractivity contribution in [1.82, 2.24) is 5.43 Å². The molecule has 0 unspecified atom stereocenters. The number of hydrazine groups is 1. The van der Waals surface area contributed by atoms with Gasteiger partial charge in [-0.2, -0.15) is 0 Å². The highest BCUT2D eigenvalue weighted by Crippen LogP contribution is 2.13. The van der Waals surface area contributed by atoms with Crippen LogP contribution in [0.15, 0.2) is 24.3 Å². The number of ether oxygens (including phenoxy) is 1. The number of nitrogens with one attached hydrogen (secondary N) is 1. The topological polar surface area (TPSA) is 64.3 Å². The molecule has 1 rings (SSSR count). The summed E-state index contributed by atoms with van der Waals surface area (Å²) in [6.07, 6.45) is 3.30. The van der Waals surface area contributed by atoms with Gasteiger partial charge in [-0.3, -0.25) is 10.2 Å². The number of hydrogen-bond acceptors (Lipinski definition) is 3. The van der Waals surface area contributed by atoms with Crippen molar-refractivity contribution in [3.05, 3.63) is 29.8 Å². The van der Waals surface area contributed by atoms with E-state index in [2.05, 4.69) is 24.5 Å². The fourth-order valence-electron chi connectivity index (χ4n) is 1.54. The van der Waals surface area contributed by atoms with Gasteiger partial charge in [0, 0.05) is 6.42 Å². The molecule has 1 aromatic carbocycles. The van der Waals surface area contributed by atoms with E-state index in [4.69, 9.17) is 10.6 Å². The molecule has 94 valence electrons. The van der Waals surface area contributed by atoms with E-state index in [-0.39, 0.29) is 5.91 Å². The van der Waals surface area contributed by atoms with Gasteiger partial charge in [0.25, 0.3) is 0 Å². The normalized spacial score (nSPS) is 10.0. The van der Waals surface area contributed by atoms with Crippen molar-refractivity contribution < 1.29 is 9.53 Å². The summed E-state index contributed by atoms with van der Waals surface area (Å²) >= 11 is 0. The van der Waals surface area contributed by atoms with Gasteiger partial charge >= 0.3 is 0 Å². The molecule has 0 fully saturated rings. The van der Waals surface area contributed by atoms with E-state index in [9.17, 15) is 4.79 Å². The number of amides is 1. The first-order chi connectivity index (χ1) is 8.26. The molecule has 0 spiro atoms. The van der Waals surface area contributed by atoms with Crippen LogP contribution >= 0.6 is 0 Å². The van der Waals surface area contributed by atoms with Crippen LogP contribution in [0.25, 0.3) is 0 Å². The number of nitrogens with two attached hydrogens (primary N) is 1. The van der Waals surface area contributed by atoms with E-state index in [1.54, 1.807) is 0 Å². The molecule has 0 aliphatic rings. The summed E-state index contributed by atoms with van der Waals surface area (Å²) in [5.41, 5.74) is 3.41. The van der Waals surface area contributed by atoms with E-state index < -0.39 is 0 Å². The quantitative estimate of drug-likeness (QED) is 0.328. The summed E-state index contributed by atoms with van der Waals surface area (Å²) in [7, 11) is 0. The summed E-state index contributed by atoms with van der Waals surface area (Å²) in [6, 6.07) is 8.08. The first kappa shape index (κ1) is 13.5. The van der Waals surface area contributed by atoms with Crippen LogP contribution in [0, 0.1) is 0 Å². The van der Waals surface area contributed by atoms with Gasteiger partial charge in [0.05, 0.1) is 6.61 Å². The van der Waals surface area contributed by atoms with Gasteiger partial charge in [-0.05, 0) is 30.5 Å². The maximum Gasteiger partial charge on any atom is 0.234 e. The monoisotopic (exact) mass is 236 g/mol. The fourth-order valence-corrected chi connectivity index (χ4v) is 1.54. The molecule has 0 atom stereocenters. The van der Waals surface area contributed by atoms with Crippen LogP contribution in [0.3, 0.4) is 0 Å². The van der Waals surface area contributed by atoms with Crippen molar-refractivity contribution in [2.45, 2.75) is 32.6 Å². The largest absolute Gasteiger partial charge is 0.494 e. The van der Waals surface area contributed by atoms with Gasteiger partial charge in [-0.15, -0.1) is 0 Å². The van der Waals surface area contributed by atoms with Crippen molar-refractivity contribution in [2.24, 2.45) is 5.84 Å². The van der Waals surface area contributed by atoms with Gasteiger partial charge < -0.3 is 4.74 Å². The second kappa shape index (κ2) is 7.68. The van der Waals surface area contributed by atoms with Crippen molar-refractivity contribution in [2.75, 3.05) is 6.61 Å². The number of rotatable bonds is 7. The lowest BCUT2D eigenvalue weighted by atomic mass is 10.1. The minimum Gasteiger partial charge on any atom is -0.494 e. The summed E-state index contributed by atoms with van der Waals surface area (Å²) < 4.78 is 5.51. The van der Waals surface area contributed by atoms with E-state index in [0.29, 0.717) is 19.4 Å². The van der Waals surface area contributed by atoms with E-state index in [1.807, 2.05) is 12.1 Å². The third kappa shape index (κ3) is 5.36. The predicted octanol–water partition coefficient (Wildman–Crippen LogP) is 1.79. The molecule has 0 radical (unpaired) electrons. The highest BCUT2D eigenvalue weighted by molar-refractivity contribution is 5.75. The zero-order valence-electron chi connectivity index (χ0n) is 10.2. The van der Waals surface area contributed by atoms with Crippen LogP contribution in [0.2, 0.25) is 0 Å². The Morgan fingerprint density at radius 2 is 2.06 bits per heavy atom. The molecule has 3 N–H and O–H groups in total. The molecule has 4 heteroatoms. The molecule has 1 amide bonds. The Morgan fingerprint density at radius 1 is 1.35 bits per heavy atom. The molecule has 0 saturated heterocycles. The number of carbonyl (C=O) groups is 1. The zero-order chi connectivity index (χ0) is 12.5. The lowest BCUT2D eigenvalue weighted by Crippen LogP contribution is -2.29. The first-order valence-corrected chi connectivity index (χ1v) is 5.97. The third-order valence-corrected chi connectivity index (χ3v) is 2.44. The average Bonchev–Trinajstić information content (AvgIpc) is 2.36. The Kier molecular flexibility index (Phi) is 6.10. The minimum absolute atomic E-state index is 0.160. The average molecular weight is 236 g/mol. The van der Waals surface area contributed by atoms with Crippen LogP contribution in [0.5, 0.6) is 5.75 Å². The van der Waals surface area contributed by atoms with Crippen molar-refractivity contribution in [3.8, 4) is 5.75 Å². The lowest BCUT2D eigenvalue weighted by Gasteiger charge is -2.06. The van der Waals surface area contributed by atoms with E-state index >= 15 is 0 Å². The number of carbonyl (C=O) groups excluding carboxylic acids is 1. The van der Waals surface area contributed by atoms with Crippen LogP contribution in [-0.2, 0) is 11.2 Å². The summed E-state index contributed by atoms with van der Waals surface area (Å²) in [5, 5.41) is 0. The zero-order valence-corrected chi connectivity index (χ0v) is 10.2. The standard InChI is InChI=1S/C13H20N2O2/c1-2-4-11-6-8-12(9-7-11)17-10-3-5-13(16)15-14/h6-9H,2-5,10,14H2,1H3,(H,15,16). The molecule has 0 bridgehead atoms. The fraction of sp³-hybridized carbons (Fsp3) is 0.462. The summed E-state index contributed by atoms with van der Waals surface area (Å²) in [4.78, 5) is 10.8. The minimum atomic E-state index is -0.160. The lowest BCUT2D eigenvalue weighted by molar-refractivity contribution is -0.121. The van der Waals surface area contributed by atoms with Crippen LogP contribution in [0.1, 0.15) is 31.7 Å². The molecule has 0 heterocycles. The highest BCUT2D eigenvalue weighted by Gasteiger charge is 1.99. The van der Waals surface area contributed by atoms with E-state index in [0.717, 1.165) is 18.6 Å². The Labute approximate surface area is 102 Å². The number of hydrogen-bond donors (Lipinski definition) is 2. The Morgan fingerprint density at radius 3 is 2.65 bits per heavy atom. The Hall–Kier alpha value is -1.55. The number of benzene rings is 1. The second-order valence-electron chi connectivity index (χ2n) is 3.91. The smallest absolute Gasteiger partial charge is 0.234 e. The Bertz CT molecular complexity index is 336. The maximum atomic E-state index is 10.8. The predicted molar refractivity (Wildman–Crippen MR) is 67.5 cm³/mol. The molecule has 1 aromatic rings. The summed E-state index contributed by atoms with van der Waals surface area (Å²) in [6.45, 7) is 2.69. The van der Waals surface area contributed by atoms with Gasteiger partial charge in [0.15, 0.2) is 0 Å². The van der Waals surface area contributed by atoms with Crippen molar-refractivity contribution in [3.63, 3.8) is 0 Å². The van der Waals surface area contributed by atoms with Gasteiger partial charge in [0.2, 0.25) is 5.91 Å². The van der Waals surface area contributed by atoms with E-state index in [1.165, 1.54) is 5.56 Å². The molecule has 0 aliphatic carbocycles. The summed E-state index contributed by atoms with van der Waals surface area (Å²) in [5.74, 6) is 5.66. The molecule has 0 aromatic heterocycles. The molecule has 0 aliphatic heterocycles. The molecular weight excluding hydrogens is 216 g/mol. The van der Waals surface area contributed by atoms with Crippen LogP contribution in [0.4, 0.5) is 0 Å². The maximum absolute atomic E-state index is 10.8. The first-order valence-electron chi connectivity index (χ1n) is 5.97. The third-order valence-electron chi connectivity index (χ3n) is 2.44. The number of aryl methyl sites for hydroxylation is 1. The second-order valence-corrected chi connectivity index (χ2v) is 3.91.